The van der Waals surface area contributed by atoms with Gasteiger partial charge in [0.25, 0.3) is 5.91 Å². The van der Waals surface area contributed by atoms with Crippen LogP contribution >= 0.6 is 31.9 Å². The molecule has 1 N–H and O–H groups in total. The number of carbonyl (C=O) groups excluding carboxylic acids is 1. The van der Waals surface area contributed by atoms with Crippen LogP contribution in [0.3, 0.4) is 0 Å². The average Bonchev–Trinajstić information content (AvgIpc) is 2.59. The predicted molar refractivity (Wildman–Crippen MR) is 104 cm³/mol. The largest absolute Gasteiger partial charge is 0.496 e. The fraction of sp³-hybridized carbons (Fsp3) is 0.105. The summed E-state index contributed by atoms with van der Waals surface area (Å²) in [5.74, 6) is 0.652. The highest BCUT2D eigenvalue weighted by Gasteiger charge is 2.11. The van der Waals surface area contributed by atoms with E-state index in [9.17, 15) is 4.79 Å². The summed E-state index contributed by atoms with van der Waals surface area (Å²) in [5, 5.41) is 5.13. The number of fused-ring (bicyclic) bond motifs is 1. The first-order chi connectivity index (χ1) is 11.6. The Balaban J connectivity index is 1.88. The van der Waals surface area contributed by atoms with Crippen LogP contribution in [0.4, 0.5) is 0 Å². The molecule has 0 bridgehead atoms. The Kier molecular flexibility index (Phi) is 5.21. The molecule has 0 aromatic heterocycles. The molecule has 0 saturated carbocycles. The van der Waals surface area contributed by atoms with E-state index in [2.05, 4.69) is 43.2 Å². The number of methoxy groups -OCH3 is 1. The highest BCUT2D eigenvalue weighted by molar-refractivity contribution is 9.10. The van der Waals surface area contributed by atoms with Gasteiger partial charge in [0.05, 0.1) is 7.11 Å². The van der Waals surface area contributed by atoms with Crippen LogP contribution in [0.1, 0.15) is 15.9 Å². The van der Waals surface area contributed by atoms with E-state index >= 15 is 0 Å². The van der Waals surface area contributed by atoms with Crippen LogP contribution in [0.25, 0.3) is 10.8 Å². The smallest absolute Gasteiger partial charge is 0.251 e. The Morgan fingerprint density at radius 3 is 2.42 bits per heavy atom. The monoisotopic (exact) mass is 447 g/mol. The minimum absolute atomic E-state index is 0.112. The third-order valence-electron chi connectivity index (χ3n) is 3.80. The van der Waals surface area contributed by atoms with Crippen molar-refractivity contribution in [3.8, 4) is 5.75 Å². The molecule has 3 nitrogen and oxygen atoms in total. The number of benzene rings is 3. The van der Waals surface area contributed by atoms with Crippen molar-refractivity contribution in [1.29, 1.82) is 0 Å². The standard InChI is InChI=1S/C19H15Br2NO2/c1-24-18-9-4-13-10-15(21)7-8-16(13)17(18)11-22-19(23)12-2-5-14(20)6-3-12/h2-10H,11H2,1H3,(H,22,23). The van der Waals surface area contributed by atoms with Gasteiger partial charge in [0, 0.05) is 26.6 Å². The van der Waals surface area contributed by atoms with Crippen LogP contribution in [0.15, 0.2) is 63.5 Å². The molecule has 1 amide bonds. The first-order valence-electron chi connectivity index (χ1n) is 7.37. The zero-order valence-electron chi connectivity index (χ0n) is 13.0. The van der Waals surface area contributed by atoms with Gasteiger partial charge in [-0.05, 0) is 53.2 Å². The van der Waals surface area contributed by atoms with Crippen LogP contribution in [0.2, 0.25) is 0 Å². The summed E-state index contributed by atoms with van der Waals surface area (Å²) in [6, 6.07) is 17.3. The molecule has 3 aromatic carbocycles. The lowest BCUT2D eigenvalue weighted by Gasteiger charge is -2.13. The van der Waals surface area contributed by atoms with Gasteiger partial charge < -0.3 is 10.1 Å². The molecule has 3 aromatic rings. The topological polar surface area (TPSA) is 38.3 Å². The highest BCUT2D eigenvalue weighted by Crippen LogP contribution is 2.30. The molecule has 3 rings (SSSR count). The lowest BCUT2D eigenvalue weighted by Crippen LogP contribution is -2.23. The highest BCUT2D eigenvalue weighted by atomic mass is 79.9. The normalized spacial score (nSPS) is 10.6. The molecule has 0 aliphatic heterocycles. The van der Waals surface area contributed by atoms with Crippen molar-refractivity contribution in [3.05, 3.63) is 74.7 Å². The van der Waals surface area contributed by atoms with E-state index in [4.69, 9.17) is 4.74 Å². The van der Waals surface area contributed by atoms with Crippen LogP contribution in [-0.2, 0) is 6.54 Å². The number of amides is 1. The van der Waals surface area contributed by atoms with E-state index in [1.54, 1.807) is 19.2 Å². The fourth-order valence-electron chi connectivity index (χ4n) is 2.59. The number of halogens is 2. The predicted octanol–water partition coefficient (Wildman–Crippen LogP) is 5.30. The van der Waals surface area contributed by atoms with Crippen molar-refractivity contribution in [3.63, 3.8) is 0 Å². The number of hydrogen-bond acceptors (Lipinski definition) is 2. The molecule has 0 atom stereocenters. The summed E-state index contributed by atoms with van der Waals surface area (Å²) in [6.07, 6.45) is 0. The zero-order valence-corrected chi connectivity index (χ0v) is 16.1. The number of rotatable bonds is 4. The summed E-state index contributed by atoms with van der Waals surface area (Å²) in [6.45, 7) is 0.400. The second kappa shape index (κ2) is 7.36. The van der Waals surface area contributed by atoms with Crippen molar-refractivity contribution in [1.82, 2.24) is 5.32 Å². The first kappa shape index (κ1) is 17.0. The zero-order chi connectivity index (χ0) is 17.1. The number of carbonyl (C=O) groups is 1. The van der Waals surface area contributed by atoms with Gasteiger partial charge in [-0.3, -0.25) is 4.79 Å². The molecule has 0 radical (unpaired) electrons. The van der Waals surface area contributed by atoms with Gasteiger partial charge in [0.1, 0.15) is 5.75 Å². The van der Waals surface area contributed by atoms with Crippen LogP contribution in [0, 0.1) is 0 Å². The van der Waals surface area contributed by atoms with Crippen LogP contribution in [0.5, 0.6) is 5.75 Å². The summed E-state index contributed by atoms with van der Waals surface area (Å²) in [5.41, 5.74) is 1.59. The molecule has 0 aliphatic carbocycles. The second-order valence-electron chi connectivity index (χ2n) is 5.30. The van der Waals surface area contributed by atoms with Gasteiger partial charge in [0.2, 0.25) is 0 Å². The number of hydrogen-bond donors (Lipinski definition) is 1. The third kappa shape index (κ3) is 3.62. The Morgan fingerprint density at radius 1 is 1.00 bits per heavy atom. The van der Waals surface area contributed by atoms with Crippen LogP contribution < -0.4 is 10.1 Å². The maximum atomic E-state index is 12.3. The molecule has 0 aliphatic rings. The summed E-state index contributed by atoms with van der Waals surface area (Å²) < 4.78 is 7.43. The molecule has 0 fully saturated rings. The molecular weight excluding hydrogens is 434 g/mol. The molecule has 0 spiro atoms. The van der Waals surface area contributed by atoms with Gasteiger partial charge in [-0.25, -0.2) is 0 Å². The minimum Gasteiger partial charge on any atom is -0.496 e. The first-order valence-corrected chi connectivity index (χ1v) is 8.96. The van der Waals surface area contributed by atoms with Crippen molar-refractivity contribution >= 4 is 48.5 Å². The van der Waals surface area contributed by atoms with Gasteiger partial charge in [-0.1, -0.05) is 44.0 Å². The van der Waals surface area contributed by atoms with E-state index in [1.807, 2.05) is 36.4 Å². The molecule has 0 heterocycles. The summed E-state index contributed by atoms with van der Waals surface area (Å²) in [4.78, 5) is 12.3. The van der Waals surface area contributed by atoms with Crippen molar-refractivity contribution in [2.75, 3.05) is 7.11 Å². The minimum atomic E-state index is -0.112. The number of nitrogens with one attached hydrogen (secondary N) is 1. The molecular formula is C19H15Br2NO2. The van der Waals surface area contributed by atoms with Gasteiger partial charge in [0.15, 0.2) is 0 Å². The Morgan fingerprint density at radius 2 is 1.71 bits per heavy atom. The average molecular weight is 449 g/mol. The Bertz CT molecular complexity index is 892. The van der Waals surface area contributed by atoms with Crippen LogP contribution in [-0.4, -0.2) is 13.0 Å². The Hall–Kier alpha value is -1.85. The molecule has 5 heteroatoms. The second-order valence-corrected chi connectivity index (χ2v) is 7.13. The lowest BCUT2D eigenvalue weighted by atomic mass is 10.0. The third-order valence-corrected chi connectivity index (χ3v) is 4.82. The van der Waals surface area contributed by atoms with Crippen molar-refractivity contribution in [2.24, 2.45) is 0 Å². The van der Waals surface area contributed by atoms with Gasteiger partial charge in [-0.2, -0.15) is 0 Å². The maximum Gasteiger partial charge on any atom is 0.251 e. The van der Waals surface area contributed by atoms with Crippen molar-refractivity contribution in [2.45, 2.75) is 6.54 Å². The van der Waals surface area contributed by atoms with E-state index in [-0.39, 0.29) is 5.91 Å². The summed E-state index contributed by atoms with van der Waals surface area (Å²) >= 11 is 6.86. The van der Waals surface area contributed by atoms with Gasteiger partial charge >= 0.3 is 0 Å². The van der Waals surface area contributed by atoms with E-state index in [1.165, 1.54) is 0 Å². The van der Waals surface area contributed by atoms with E-state index in [0.29, 0.717) is 12.1 Å². The lowest BCUT2D eigenvalue weighted by molar-refractivity contribution is 0.0951. The van der Waals surface area contributed by atoms with Crippen molar-refractivity contribution < 1.29 is 9.53 Å². The van der Waals surface area contributed by atoms with E-state index < -0.39 is 0 Å². The fourth-order valence-corrected chi connectivity index (χ4v) is 3.23. The SMILES string of the molecule is COc1ccc2cc(Br)ccc2c1CNC(=O)c1ccc(Br)cc1. The molecule has 24 heavy (non-hydrogen) atoms. The number of ether oxygens (including phenoxy) is 1. The molecule has 0 saturated heterocycles. The summed E-state index contributed by atoms with van der Waals surface area (Å²) in [7, 11) is 1.64. The van der Waals surface area contributed by atoms with E-state index in [0.717, 1.165) is 31.0 Å². The molecule has 0 unspecified atom stereocenters. The molecule has 122 valence electrons. The maximum absolute atomic E-state index is 12.3. The Labute approximate surface area is 157 Å². The van der Waals surface area contributed by atoms with Gasteiger partial charge in [-0.15, -0.1) is 0 Å². The quantitative estimate of drug-likeness (QED) is 0.587.